The Kier molecular flexibility index (Phi) is 4.13. The molecule has 0 spiro atoms. The van der Waals surface area contributed by atoms with Crippen molar-refractivity contribution in [2.24, 2.45) is 0 Å². The lowest BCUT2D eigenvalue weighted by atomic mass is 10.0. The standard InChI is InChI=1S/C22H19N3/c1-17-12-14-19(15-13-17)21-22(20-10-6-3-7-11-20)25(24-23-21)16-18-8-4-2-5-9-18/h2-15H,16H2,1H3. The summed E-state index contributed by atoms with van der Waals surface area (Å²) in [5.41, 5.74) is 6.62. The molecule has 0 unspecified atom stereocenters. The first-order valence-corrected chi connectivity index (χ1v) is 8.41. The van der Waals surface area contributed by atoms with Crippen LogP contribution in [-0.4, -0.2) is 15.0 Å². The van der Waals surface area contributed by atoms with Crippen LogP contribution in [0.5, 0.6) is 0 Å². The molecule has 3 nitrogen and oxygen atoms in total. The Labute approximate surface area is 147 Å². The normalized spacial score (nSPS) is 10.8. The van der Waals surface area contributed by atoms with Crippen molar-refractivity contribution in [1.29, 1.82) is 0 Å². The highest BCUT2D eigenvalue weighted by molar-refractivity contribution is 5.78. The summed E-state index contributed by atoms with van der Waals surface area (Å²) in [6.45, 7) is 2.79. The van der Waals surface area contributed by atoms with E-state index >= 15 is 0 Å². The number of hydrogen-bond acceptors (Lipinski definition) is 2. The third kappa shape index (κ3) is 3.22. The van der Waals surface area contributed by atoms with Crippen molar-refractivity contribution >= 4 is 0 Å². The molecule has 122 valence electrons. The lowest BCUT2D eigenvalue weighted by Crippen LogP contribution is -2.04. The highest BCUT2D eigenvalue weighted by Gasteiger charge is 2.16. The Morgan fingerprint density at radius 1 is 0.720 bits per heavy atom. The van der Waals surface area contributed by atoms with Crippen LogP contribution < -0.4 is 0 Å². The maximum atomic E-state index is 4.50. The fourth-order valence-electron chi connectivity index (χ4n) is 2.97. The molecule has 3 heteroatoms. The Morgan fingerprint density at radius 3 is 2.04 bits per heavy atom. The first-order chi connectivity index (χ1) is 12.3. The molecule has 0 radical (unpaired) electrons. The molecule has 0 N–H and O–H groups in total. The fraction of sp³-hybridized carbons (Fsp3) is 0.0909. The third-order valence-corrected chi connectivity index (χ3v) is 4.28. The highest BCUT2D eigenvalue weighted by Crippen LogP contribution is 2.30. The number of aryl methyl sites for hydroxylation is 1. The average molecular weight is 325 g/mol. The molecule has 1 aromatic heterocycles. The van der Waals surface area contributed by atoms with Gasteiger partial charge in [0.1, 0.15) is 5.69 Å². The second-order valence-corrected chi connectivity index (χ2v) is 6.16. The molecule has 25 heavy (non-hydrogen) atoms. The largest absolute Gasteiger partial charge is 0.240 e. The highest BCUT2D eigenvalue weighted by atomic mass is 15.4. The van der Waals surface area contributed by atoms with Crippen LogP contribution in [0.4, 0.5) is 0 Å². The van der Waals surface area contributed by atoms with E-state index in [1.807, 2.05) is 28.9 Å². The van der Waals surface area contributed by atoms with Gasteiger partial charge in [-0.2, -0.15) is 0 Å². The summed E-state index contributed by atoms with van der Waals surface area (Å²) in [6, 6.07) is 29.1. The van der Waals surface area contributed by atoms with Gasteiger partial charge in [-0.3, -0.25) is 0 Å². The van der Waals surface area contributed by atoms with E-state index in [1.54, 1.807) is 0 Å². The Bertz CT molecular complexity index is 955. The topological polar surface area (TPSA) is 30.7 Å². The van der Waals surface area contributed by atoms with E-state index in [1.165, 1.54) is 11.1 Å². The van der Waals surface area contributed by atoms with Crippen LogP contribution in [-0.2, 0) is 6.54 Å². The van der Waals surface area contributed by atoms with Crippen LogP contribution in [0.25, 0.3) is 22.5 Å². The number of hydrogen-bond donors (Lipinski definition) is 0. The molecule has 0 aliphatic heterocycles. The van der Waals surface area contributed by atoms with Gasteiger partial charge in [0.15, 0.2) is 0 Å². The predicted molar refractivity (Wildman–Crippen MR) is 101 cm³/mol. The molecule has 1 heterocycles. The zero-order valence-corrected chi connectivity index (χ0v) is 14.1. The monoisotopic (exact) mass is 325 g/mol. The van der Waals surface area contributed by atoms with Gasteiger partial charge >= 0.3 is 0 Å². The molecule has 4 rings (SSSR count). The van der Waals surface area contributed by atoms with E-state index in [4.69, 9.17) is 0 Å². The lowest BCUT2D eigenvalue weighted by Gasteiger charge is -2.09. The van der Waals surface area contributed by atoms with Crippen LogP contribution >= 0.6 is 0 Å². The second kappa shape index (κ2) is 6.73. The van der Waals surface area contributed by atoms with Gasteiger partial charge in [-0.1, -0.05) is 95.7 Å². The van der Waals surface area contributed by atoms with Crippen LogP contribution in [0.1, 0.15) is 11.1 Å². The molecule has 0 amide bonds. The van der Waals surface area contributed by atoms with Crippen molar-refractivity contribution in [2.75, 3.05) is 0 Å². The van der Waals surface area contributed by atoms with E-state index < -0.39 is 0 Å². The summed E-state index contributed by atoms with van der Waals surface area (Å²) in [4.78, 5) is 0. The first kappa shape index (κ1) is 15.3. The van der Waals surface area contributed by atoms with Crippen molar-refractivity contribution in [3.05, 3.63) is 96.1 Å². The molecule has 0 atom stereocenters. The second-order valence-electron chi connectivity index (χ2n) is 6.16. The minimum absolute atomic E-state index is 0.698. The Hall–Kier alpha value is -3.20. The smallest absolute Gasteiger partial charge is 0.121 e. The minimum atomic E-state index is 0.698. The Balaban J connectivity index is 1.83. The Morgan fingerprint density at radius 2 is 1.36 bits per heavy atom. The lowest BCUT2D eigenvalue weighted by molar-refractivity contribution is 0.656. The average Bonchev–Trinajstić information content (AvgIpc) is 3.07. The van der Waals surface area contributed by atoms with Gasteiger partial charge < -0.3 is 0 Å². The van der Waals surface area contributed by atoms with E-state index in [0.717, 1.165) is 22.5 Å². The van der Waals surface area contributed by atoms with Crippen molar-refractivity contribution in [3.8, 4) is 22.5 Å². The van der Waals surface area contributed by atoms with Gasteiger partial charge in [0.2, 0.25) is 0 Å². The van der Waals surface area contributed by atoms with E-state index in [0.29, 0.717) is 6.54 Å². The SMILES string of the molecule is Cc1ccc(-c2nnn(Cc3ccccc3)c2-c2ccccc2)cc1. The predicted octanol–water partition coefficient (Wildman–Crippen LogP) is 4.97. The number of aromatic nitrogens is 3. The van der Waals surface area contributed by atoms with Gasteiger partial charge in [0.05, 0.1) is 12.2 Å². The zero-order valence-electron chi connectivity index (χ0n) is 14.1. The van der Waals surface area contributed by atoms with Crippen LogP contribution in [0.2, 0.25) is 0 Å². The number of nitrogens with zero attached hydrogens (tertiary/aromatic N) is 3. The summed E-state index contributed by atoms with van der Waals surface area (Å²) in [6.07, 6.45) is 0. The van der Waals surface area contributed by atoms with Gasteiger partial charge in [0.25, 0.3) is 0 Å². The summed E-state index contributed by atoms with van der Waals surface area (Å²) >= 11 is 0. The molecule has 0 aliphatic rings. The molecule has 0 saturated heterocycles. The van der Waals surface area contributed by atoms with Crippen LogP contribution in [0, 0.1) is 6.92 Å². The summed E-state index contributed by atoms with van der Waals surface area (Å²) in [5.74, 6) is 0. The summed E-state index contributed by atoms with van der Waals surface area (Å²) < 4.78 is 1.99. The molecule has 0 saturated carbocycles. The van der Waals surface area contributed by atoms with Crippen molar-refractivity contribution < 1.29 is 0 Å². The quantitative estimate of drug-likeness (QED) is 0.530. The fourth-order valence-corrected chi connectivity index (χ4v) is 2.97. The summed E-state index contributed by atoms with van der Waals surface area (Å²) in [7, 11) is 0. The molecular weight excluding hydrogens is 306 g/mol. The van der Waals surface area contributed by atoms with Gasteiger partial charge in [-0.15, -0.1) is 5.10 Å². The van der Waals surface area contributed by atoms with E-state index in [-0.39, 0.29) is 0 Å². The maximum Gasteiger partial charge on any atom is 0.121 e. The number of rotatable bonds is 4. The zero-order chi connectivity index (χ0) is 17.1. The van der Waals surface area contributed by atoms with Crippen molar-refractivity contribution in [3.63, 3.8) is 0 Å². The third-order valence-electron chi connectivity index (χ3n) is 4.28. The molecular formula is C22H19N3. The van der Waals surface area contributed by atoms with Crippen molar-refractivity contribution in [1.82, 2.24) is 15.0 Å². The van der Waals surface area contributed by atoms with Crippen LogP contribution in [0.15, 0.2) is 84.9 Å². The van der Waals surface area contributed by atoms with Gasteiger partial charge in [0, 0.05) is 11.1 Å². The van der Waals surface area contributed by atoms with Gasteiger partial charge in [-0.25, -0.2) is 4.68 Å². The number of benzene rings is 3. The maximum absolute atomic E-state index is 4.50. The molecule has 0 bridgehead atoms. The van der Waals surface area contributed by atoms with Crippen LogP contribution in [0.3, 0.4) is 0 Å². The minimum Gasteiger partial charge on any atom is -0.240 e. The summed E-state index contributed by atoms with van der Waals surface area (Å²) in [5, 5.41) is 8.95. The molecule has 0 fully saturated rings. The molecule has 3 aromatic carbocycles. The van der Waals surface area contributed by atoms with E-state index in [9.17, 15) is 0 Å². The first-order valence-electron chi connectivity index (χ1n) is 8.41. The molecule has 4 aromatic rings. The van der Waals surface area contributed by atoms with E-state index in [2.05, 4.69) is 77.9 Å². The molecule has 0 aliphatic carbocycles. The van der Waals surface area contributed by atoms with Crippen molar-refractivity contribution in [2.45, 2.75) is 13.5 Å². The van der Waals surface area contributed by atoms with Gasteiger partial charge in [-0.05, 0) is 12.5 Å².